The van der Waals surface area contributed by atoms with Gasteiger partial charge in [0.25, 0.3) is 0 Å². The molecule has 2 aromatic rings. The van der Waals surface area contributed by atoms with E-state index in [1.165, 1.54) is 22.3 Å². The summed E-state index contributed by atoms with van der Waals surface area (Å²) < 4.78 is 0. The Kier molecular flexibility index (Phi) is 5.42. The third-order valence-electron chi connectivity index (χ3n) is 4.66. The summed E-state index contributed by atoms with van der Waals surface area (Å²) in [5.41, 5.74) is 5.35. The molecule has 22 heavy (non-hydrogen) atoms. The van der Waals surface area contributed by atoms with Crippen molar-refractivity contribution in [1.82, 2.24) is 0 Å². The van der Waals surface area contributed by atoms with Crippen molar-refractivity contribution in [1.29, 1.82) is 0 Å². The first-order valence-corrected chi connectivity index (χ1v) is 8.36. The molecular formula is C21H28O. The lowest BCUT2D eigenvalue weighted by molar-refractivity contribution is 0.206. The normalized spacial score (nSPS) is 22.7. The maximum absolute atomic E-state index is 9.86. The third kappa shape index (κ3) is 3.59. The Labute approximate surface area is 135 Å². The fraction of sp³-hybridized carbons (Fsp3) is 0.429. The van der Waals surface area contributed by atoms with Crippen LogP contribution in [0.25, 0.3) is 0 Å². The van der Waals surface area contributed by atoms with Gasteiger partial charge in [-0.2, -0.15) is 0 Å². The summed E-state index contributed by atoms with van der Waals surface area (Å²) in [4.78, 5) is 0. The Morgan fingerprint density at radius 2 is 1.41 bits per heavy atom. The molecule has 2 unspecified atom stereocenters. The van der Waals surface area contributed by atoms with Gasteiger partial charge < -0.3 is 5.11 Å². The minimum absolute atomic E-state index is 0.0600. The summed E-state index contributed by atoms with van der Waals surface area (Å²) in [7, 11) is 0. The van der Waals surface area contributed by atoms with Crippen LogP contribution in [0.5, 0.6) is 0 Å². The number of hydrogen-bond acceptors (Lipinski definition) is 1. The molecule has 2 aromatic carbocycles. The van der Waals surface area contributed by atoms with E-state index in [2.05, 4.69) is 62.4 Å². The lowest BCUT2D eigenvalue weighted by atomic mass is 9.91. The van der Waals surface area contributed by atoms with Gasteiger partial charge in [0.05, 0.1) is 0 Å². The largest absolute Gasteiger partial charge is 0.396 e. The van der Waals surface area contributed by atoms with Crippen molar-refractivity contribution in [3.05, 3.63) is 70.8 Å². The van der Waals surface area contributed by atoms with E-state index >= 15 is 0 Å². The Morgan fingerprint density at radius 1 is 0.909 bits per heavy atom. The molecule has 0 bridgehead atoms. The van der Waals surface area contributed by atoms with Crippen molar-refractivity contribution in [2.45, 2.75) is 46.5 Å². The second-order valence-corrected chi connectivity index (χ2v) is 6.35. The van der Waals surface area contributed by atoms with Gasteiger partial charge in [-0.1, -0.05) is 73.5 Å². The number of aliphatic hydroxyl groups excluding tert-OH is 1. The van der Waals surface area contributed by atoms with Crippen molar-refractivity contribution in [3.63, 3.8) is 0 Å². The van der Waals surface area contributed by atoms with Gasteiger partial charge >= 0.3 is 0 Å². The van der Waals surface area contributed by atoms with Crippen molar-refractivity contribution >= 4 is 0 Å². The fourth-order valence-corrected chi connectivity index (χ4v) is 3.16. The average molecular weight is 296 g/mol. The topological polar surface area (TPSA) is 20.2 Å². The first-order chi connectivity index (χ1) is 10.6. The molecular weight excluding hydrogens is 268 g/mol. The van der Waals surface area contributed by atoms with Crippen molar-refractivity contribution in [2.75, 3.05) is 6.61 Å². The summed E-state index contributed by atoms with van der Waals surface area (Å²) in [6, 6.07) is 17.5. The molecule has 2 atom stereocenters. The molecule has 0 spiro atoms. The highest BCUT2D eigenvalue weighted by atomic mass is 16.3. The van der Waals surface area contributed by atoms with E-state index in [0.29, 0.717) is 5.92 Å². The van der Waals surface area contributed by atoms with Gasteiger partial charge in [0.1, 0.15) is 0 Å². The van der Waals surface area contributed by atoms with Gasteiger partial charge in [0.2, 0.25) is 0 Å². The van der Waals surface area contributed by atoms with E-state index in [0.717, 1.165) is 12.8 Å². The zero-order valence-electron chi connectivity index (χ0n) is 14.3. The zero-order chi connectivity index (χ0) is 16.2. The minimum atomic E-state index is 0.0600. The maximum Gasteiger partial charge on any atom is 0.0496 e. The standard InChI is InChI=1S/C19H22O.C2H6/c1-14-3-7-16(8-4-14)11-19(13-20)12-18(19)17-9-5-15(2)6-10-17;1-2/h3-10,18,20H,11-13H2,1-2H3;1-2H3. The molecule has 0 heterocycles. The third-order valence-corrected chi connectivity index (χ3v) is 4.66. The van der Waals surface area contributed by atoms with Crippen LogP contribution in [-0.2, 0) is 6.42 Å². The Hall–Kier alpha value is -1.60. The second kappa shape index (κ2) is 7.11. The van der Waals surface area contributed by atoms with E-state index in [1.807, 2.05) is 13.8 Å². The van der Waals surface area contributed by atoms with Gasteiger partial charge in [-0.15, -0.1) is 0 Å². The number of aryl methyl sites for hydroxylation is 2. The molecule has 0 saturated heterocycles. The smallest absolute Gasteiger partial charge is 0.0496 e. The van der Waals surface area contributed by atoms with E-state index in [1.54, 1.807) is 0 Å². The van der Waals surface area contributed by atoms with Crippen LogP contribution in [0.15, 0.2) is 48.5 Å². The molecule has 3 rings (SSSR count). The lowest BCUT2D eigenvalue weighted by Gasteiger charge is -2.15. The number of benzene rings is 2. The van der Waals surface area contributed by atoms with E-state index in [9.17, 15) is 5.11 Å². The zero-order valence-corrected chi connectivity index (χ0v) is 14.3. The number of hydrogen-bond donors (Lipinski definition) is 1. The quantitative estimate of drug-likeness (QED) is 0.838. The van der Waals surface area contributed by atoms with Gasteiger partial charge in [-0.05, 0) is 43.7 Å². The minimum Gasteiger partial charge on any atom is -0.396 e. The molecule has 0 amide bonds. The summed E-state index contributed by atoms with van der Waals surface area (Å²) in [6.45, 7) is 8.50. The van der Waals surface area contributed by atoms with Gasteiger partial charge in [-0.3, -0.25) is 0 Å². The summed E-state index contributed by atoms with van der Waals surface area (Å²) in [5.74, 6) is 0.509. The van der Waals surface area contributed by atoms with Crippen molar-refractivity contribution in [3.8, 4) is 0 Å². The summed E-state index contributed by atoms with van der Waals surface area (Å²) in [6.07, 6.45) is 2.07. The lowest BCUT2D eigenvalue weighted by Crippen LogP contribution is -2.13. The molecule has 1 saturated carbocycles. The van der Waals surface area contributed by atoms with Gasteiger partial charge in [-0.25, -0.2) is 0 Å². The highest BCUT2D eigenvalue weighted by molar-refractivity contribution is 5.34. The van der Waals surface area contributed by atoms with E-state index in [4.69, 9.17) is 0 Å². The van der Waals surface area contributed by atoms with E-state index in [-0.39, 0.29) is 12.0 Å². The molecule has 1 heteroatoms. The monoisotopic (exact) mass is 296 g/mol. The Bertz CT molecular complexity index is 582. The van der Waals surface area contributed by atoms with E-state index < -0.39 is 0 Å². The predicted octanol–water partition coefficient (Wildman–Crippen LogP) is 5.04. The fourth-order valence-electron chi connectivity index (χ4n) is 3.16. The first kappa shape index (κ1) is 16.8. The molecule has 1 aliphatic rings. The Balaban J connectivity index is 0.000000847. The molecule has 1 nitrogen and oxygen atoms in total. The molecule has 0 aliphatic heterocycles. The average Bonchev–Trinajstić information content (AvgIpc) is 3.27. The van der Waals surface area contributed by atoms with Crippen LogP contribution in [0.2, 0.25) is 0 Å². The van der Waals surface area contributed by atoms with Crippen LogP contribution in [0.3, 0.4) is 0 Å². The molecule has 1 N–H and O–H groups in total. The Morgan fingerprint density at radius 3 is 1.91 bits per heavy atom. The molecule has 0 aromatic heterocycles. The summed E-state index contributed by atoms with van der Waals surface area (Å²) in [5, 5.41) is 9.86. The van der Waals surface area contributed by atoms with Crippen LogP contribution < -0.4 is 0 Å². The molecule has 1 aliphatic carbocycles. The molecule has 0 radical (unpaired) electrons. The number of aliphatic hydroxyl groups is 1. The van der Waals surface area contributed by atoms with Crippen LogP contribution in [-0.4, -0.2) is 11.7 Å². The van der Waals surface area contributed by atoms with Crippen molar-refractivity contribution in [2.24, 2.45) is 5.41 Å². The predicted molar refractivity (Wildman–Crippen MR) is 94.3 cm³/mol. The van der Waals surface area contributed by atoms with Crippen LogP contribution in [0.1, 0.15) is 48.4 Å². The van der Waals surface area contributed by atoms with Crippen molar-refractivity contribution < 1.29 is 5.11 Å². The van der Waals surface area contributed by atoms with Gasteiger partial charge in [0, 0.05) is 12.0 Å². The van der Waals surface area contributed by atoms with Crippen LogP contribution in [0, 0.1) is 19.3 Å². The van der Waals surface area contributed by atoms with Gasteiger partial charge in [0.15, 0.2) is 0 Å². The summed E-state index contributed by atoms with van der Waals surface area (Å²) >= 11 is 0. The number of rotatable bonds is 4. The SMILES string of the molecule is CC.Cc1ccc(CC2(CO)CC2c2ccc(C)cc2)cc1. The molecule has 1 fully saturated rings. The van der Waals surface area contributed by atoms with Crippen LogP contribution in [0.4, 0.5) is 0 Å². The van der Waals surface area contributed by atoms with Crippen LogP contribution >= 0.6 is 0 Å². The maximum atomic E-state index is 9.86. The molecule has 118 valence electrons. The highest BCUT2D eigenvalue weighted by Gasteiger charge is 2.53. The first-order valence-electron chi connectivity index (χ1n) is 8.36. The highest BCUT2D eigenvalue weighted by Crippen LogP contribution is 2.60. The second-order valence-electron chi connectivity index (χ2n) is 6.35.